The molecule has 8 N–H and O–H groups in total. The molecule has 0 radical (unpaired) electrons. The van der Waals surface area contributed by atoms with Crippen LogP contribution in [0.5, 0.6) is 0 Å². The van der Waals surface area contributed by atoms with E-state index in [1.54, 1.807) is 0 Å². The summed E-state index contributed by atoms with van der Waals surface area (Å²) in [5.41, 5.74) is 20.9. The lowest BCUT2D eigenvalue weighted by Gasteiger charge is -2.06. The van der Waals surface area contributed by atoms with Crippen molar-refractivity contribution in [3.8, 4) is 0 Å². The van der Waals surface area contributed by atoms with Gasteiger partial charge in [0.1, 0.15) is 35.9 Å². The van der Waals surface area contributed by atoms with Crippen LogP contribution >= 0.6 is 0 Å². The minimum absolute atomic E-state index is 0.400. The molecule has 0 amide bonds. The SMILES string of the molecule is Nc1cc(N)ncn1.Nc1cc(N)ncn1.O=S(=O)([O-])[O-]. The van der Waals surface area contributed by atoms with E-state index in [1.165, 1.54) is 24.8 Å². The first-order valence-corrected chi connectivity index (χ1v) is 6.24. The molecule has 0 aromatic carbocycles. The van der Waals surface area contributed by atoms with Gasteiger partial charge in [-0.1, -0.05) is 0 Å². The van der Waals surface area contributed by atoms with Crippen LogP contribution in [-0.4, -0.2) is 37.5 Å². The Balaban J connectivity index is 0.000000296. The van der Waals surface area contributed by atoms with Crippen molar-refractivity contribution in [2.75, 3.05) is 22.9 Å². The van der Waals surface area contributed by atoms with Crippen molar-refractivity contribution in [2.45, 2.75) is 0 Å². The van der Waals surface area contributed by atoms with Gasteiger partial charge in [0, 0.05) is 22.5 Å². The van der Waals surface area contributed by atoms with Crippen LogP contribution in [0.1, 0.15) is 0 Å². The quantitative estimate of drug-likeness (QED) is 0.303. The molecular formula is C8H12N8O4S-2. The first kappa shape index (κ1) is 18.2. The van der Waals surface area contributed by atoms with E-state index in [2.05, 4.69) is 19.9 Å². The second kappa shape index (κ2) is 8.41. The maximum absolute atomic E-state index is 8.52. The van der Waals surface area contributed by atoms with Crippen LogP contribution < -0.4 is 22.9 Å². The number of nitrogen functional groups attached to an aromatic ring is 4. The Bertz CT molecular complexity index is 579. The molecule has 0 fully saturated rings. The number of anilines is 4. The summed E-state index contributed by atoms with van der Waals surface area (Å²) in [5, 5.41) is 0. The molecule has 13 heteroatoms. The fraction of sp³-hybridized carbons (Fsp3) is 0. The van der Waals surface area contributed by atoms with Crippen LogP contribution in [-0.2, 0) is 10.4 Å². The van der Waals surface area contributed by atoms with Crippen molar-refractivity contribution in [1.82, 2.24) is 19.9 Å². The summed E-state index contributed by atoms with van der Waals surface area (Å²) in [6.07, 6.45) is 2.65. The molecular weight excluding hydrogens is 304 g/mol. The predicted octanol–water partition coefficient (Wildman–Crippen LogP) is -2.06. The molecule has 2 rings (SSSR count). The Hall–Kier alpha value is -2.77. The van der Waals surface area contributed by atoms with Crippen molar-refractivity contribution in [3.63, 3.8) is 0 Å². The maximum Gasteiger partial charge on any atom is 0.128 e. The average Bonchev–Trinajstić information content (AvgIpc) is 2.26. The summed E-state index contributed by atoms with van der Waals surface area (Å²) in [6, 6.07) is 3.00. The topological polar surface area (TPSA) is 236 Å². The Morgan fingerprint density at radius 2 is 0.905 bits per heavy atom. The van der Waals surface area contributed by atoms with Crippen LogP contribution in [0.15, 0.2) is 24.8 Å². The third-order valence-corrected chi connectivity index (χ3v) is 1.42. The molecule has 116 valence electrons. The highest BCUT2D eigenvalue weighted by atomic mass is 32.3. The van der Waals surface area contributed by atoms with Gasteiger partial charge < -0.3 is 32.0 Å². The standard InChI is InChI=1S/2C4H6N4.H2O4S/c2*5-3-1-4(6)8-2-7-3;1-5(2,3)4/h2*1-2H,(H4,5,6,7,8);(H2,1,2,3,4)/p-2. The number of nitrogens with zero attached hydrogens (tertiary/aromatic N) is 4. The first-order valence-electron chi connectivity index (χ1n) is 4.90. The third-order valence-electron chi connectivity index (χ3n) is 1.42. The molecule has 0 aliphatic heterocycles. The fourth-order valence-corrected chi connectivity index (χ4v) is 0.777. The molecule has 12 nitrogen and oxygen atoms in total. The van der Waals surface area contributed by atoms with Gasteiger partial charge in [0.25, 0.3) is 0 Å². The van der Waals surface area contributed by atoms with Crippen LogP contribution in [0.2, 0.25) is 0 Å². The van der Waals surface area contributed by atoms with Crippen LogP contribution in [0.3, 0.4) is 0 Å². The summed E-state index contributed by atoms with van der Waals surface area (Å²) in [6.45, 7) is 0. The molecule has 0 bridgehead atoms. The number of rotatable bonds is 0. The summed E-state index contributed by atoms with van der Waals surface area (Å²) in [5.74, 6) is 1.60. The zero-order valence-corrected chi connectivity index (χ0v) is 11.3. The second-order valence-corrected chi connectivity index (χ2v) is 3.96. The van der Waals surface area contributed by atoms with Gasteiger partial charge in [-0.3, -0.25) is 8.42 Å². The molecule has 21 heavy (non-hydrogen) atoms. The van der Waals surface area contributed by atoms with Gasteiger partial charge in [-0.15, -0.1) is 0 Å². The van der Waals surface area contributed by atoms with E-state index in [9.17, 15) is 0 Å². The smallest absolute Gasteiger partial charge is 0.128 e. The largest absolute Gasteiger partial charge is 0.759 e. The Morgan fingerprint density at radius 1 is 0.714 bits per heavy atom. The van der Waals surface area contributed by atoms with Gasteiger partial charge >= 0.3 is 0 Å². The Labute approximate surface area is 119 Å². The number of nitrogens with two attached hydrogens (primary N) is 4. The van der Waals surface area contributed by atoms with E-state index >= 15 is 0 Å². The average molecular weight is 316 g/mol. The fourth-order valence-electron chi connectivity index (χ4n) is 0.777. The number of hydrogen-bond acceptors (Lipinski definition) is 12. The van der Waals surface area contributed by atoms with Gasteiger partial charge in [-0.25, -0.2) is 19.9 Å². The molecule has 0 saturated heterocycles. The molecule has 0 atom stereocenters. The Kier molecular flexibility index (Phi) is 7.30. The highest BCUT2D eigenvalue weighted by Crippen LogP contribution is 1.98. The lowest BCUT2D eigenvalue weighted by atomic mass is 10.5. The predicted molar refractivity (Wildman–Crippen MR) is 72.2 cm³/mol. The maximum atomic E-state index is 8.52. The van der Waals surface area contributed by atoms with E-state index in [1.807, 2.05) is 0 Å². The van der Waals surface area contributed by atoms with Crippen LogP contribution in [0.25, 0.3) is 0 Å². The summed E-state index contributed by atoms with van der Waals surface area (Å²) in [4.78, 5) is 14.5. The highest BCUT2D eigenvalue weighted by Gasteiger charge is 1.85. The van der Waals surface area contributed by atoms with E-state index in [-0.39, 0.29) is 0 Å². The highest BCUT2D eigenvalue weighted by molar-refractivity contribution is 7.79. The van der Waals surface area contributed by atoms with E-state index < -0.39 is 10.4 Å². The molecule has 2 heterocycles. The minimum atomic E-state index is -5.17. The van der Waals surface area contributed by atoms with E-state index in [4.69, 9.17) is 40.5 Å². The Morgan fingerprint density at radius 3 is 1.00 bits per heavy atom. The normalized spacial score (nSPS) is 9.62. The first-order chi connectivity index (χ1) is 9.58. The van der Waals surface area contributed by atoms with Gasteiger partial charge in [0.15, 0.2) is 0 Å². The molecule has 0 aliphatic rings. The molecule has 0 spiro atoms. The van der Waals surface area contributed by atoms with Crippen molar-refractivity contribution in [2.24, 2.45) is 0 Å². The van der Waals surface area contributed by atoms with Gasteiger partial charge in [-0.2, -0.15) is 0 Å². The van der Waals surface area contributed by atoms with E-state index in [0.717, 1.165) is 0 Å². The minimum Gasteiger partial charge on any atom is -0.759 e. The summed E-state index contributed by atoms with van der Waals surface area (Å²) < 4.78 is 34.1. The molecule has 2 aromatic heterocycles. The third kappa shape index (κ3) is 13.5. The zero-order chi connectivity index (χ0) is 16.5. The molecule has 0 aliphatic carbocycles. The van der Waals surface area contributed by atoms with Crippen molar-refractivity contribution in [3.05, 3.63) is 24.8 Å². The molecule has 0 saturated carbocycles. The number of aromatic nitrogens is 4. The van der Waals surface area contributed by atoms with Gasteiger partial charge in [0.2, 0.25) is 0 Å². The summed E-state index contributed by atoms with van der Waals surface area (Å²) >= 11 is 0. The molecule has 0 unspecified atom stereocenters. The van der Waals surface area contributed by atoms with Gasteiger partial charge in [0.05, 0.1) is 0 Å². The zero-order valence-electron chi connectivity index (χ0n) is 10.4. The summed E-state index contributed by atoms with van der Waals surface area (Å²) in [7, 11) is -5.17. The second-order valence-electron chi connectivity index (χ2n) is 3.14. The van der Waals surface area contributed by atoms with E-state index in [0.29, 0.717) is 23.3 Å². The monoisotopic (exact) mass is 316 g/mol. The van der Waals surface area contributed by atoms with Crippen molar-refractivity contribution < 1.29 is 17.5 Å². The van der Waals surface area contributed by atoms with Crippen molar-refractivity contribution >= 4 is 33.7 Å². The molecule has 2 aromatic rings. The van der Waals surface area contributed by atoms with Crippen LogP contribution in [0, 0.1) is 0 Å². The van der Waals surface area contributed by atoms with Gasteiger partial charge in [-0.05, 0) is 0 Å². The van der Waals surface area contributed by atoms with Crippen molar-refractivity contribution in [1.29, 1.82) is 0 Å². The lowest BCUT2D eigenvalue weighted by Crippen LogP contribution is -1.94. The van der Waals surface area contributed by atoms with Crippen LogP contribution in [0.4, 0.5) is 23.3 Å². The lowest BCUT2D eigenvalue weighted by molar-refractivity contribution is 0.352. The number of hydrogen-bond donors (Lipinski definition) is 4.